The van der Waals surface area contributed by atoms with E-state index in [9.17, 15) is 4.79 Å². The number of nitrogens with zero attached hydrogens (tertiary/aromatic N) is 3. The van der Waals surface area contributed by atoms with Crippen molar-refractivity contribution in [2.24, 2.45) is 11.7 Å². The van der Waals surface area contributed by atoms with Gasteiger partial charge in [0.1, 0.15) is 11.5 Å². The van der Waals surface area contributed by atoms with Crippen LogP contribution in [0.15, 0.2) is 34.7 Å². The molecule has 0 radical (unpaired) electrons. The molecule has 31 heavy (non-hydrogen) atoms. The molecule has 1 aromatic carbocycles. The number of hydrogen-bond acceptors (Lipinski definition) is 5. The van der Waals surface area contributed by atoms with Crippen molar-refractivity contribution in [1.29, 1.82) is 0 Å². The van der Waals surface area contributed by atoms with Crippen LogP contribution in [0.1, 0.15) is 55.0 Å². The van der Waals surface area contributed by atoms with Crippen molar-refractivity contribution in [3.63, 3.8) is 0 Å². The fourth-order valence-corrected chi connectivity index (χ4v) is 5.18. The van der Waals surface area contributed by atoms with Crippen LogP contribution in [0, 0.1) is 5.92 Å². The zero-order valence-electron chi connectivity index (χ0n) is 18.3. The quantitative estimate of drug-likeness (QED) is 0.708. The number of hydrogen-bond donors (Lipinski definition) is 1. The standard InChI is InChI=1S/C25H34N4O2/c26-15-21-10-9-20(29(21)16-19-6-7-19)14-25(30)28-13-12-23-22(17-28)27-24(31-23)11-8-18-4-2-1-3-5-18/h1-5,19-21H,6-17,26H2/t20-,21+/m0/s1. The van der Waals surface area contributed by atoms with Crippen molar-refractivity contribution in [1.82, 2.24) is 14.8 Å². The molecular weight excluding hydrogens is 388 g/mol. The van der Waals surface area contributed by atoms with Gasteiger partial charge in [0.25, 0.3) is 0 Å². The molecule has 0 unspecified atom stereocenters. The van der Waals surface area contributed by atoms with E-state index in [1.54, 1.807) is 0 Å². The summed E-state index contributed by atoms with van der Waals surface area (Å²) in [4.78, 5) is 22.4. The van der Waals surface area contributed by atoms with E-state index in [0.29, 0.717) is 31.6 Å². The molecule has 1 saturated carbocycles. The molecule has 0 spiro atoms. The molecule has 2 N–H and O–H groups in total. The molecule has 1 saturated heterocycles. The molecule has 2 aromatic rings. The van der Waals surface area contributed by atoms with E-state index >= 15 is 0 Å². The van der Waals surface area contributed by atoms with Crippen molar-refractivity contribution in [3.05, 3.63) is 53.2 Å². The first kappa shape index (κ1) is 20.7. The maximum Gasteiger partial charge on any atom is 0.224 e. The summed E-state index contributed by atoms with van der Waals surface area (Å²) in [6.45, 7) is 3.14. The number of benzene rings is 1. The Morgan fingerprint density at radius 2 is 1.90 bits per heavy atom. The number of likely N-dealkylation sites (tertiary alicyclic amines) is 1. The van der Waals surface area contributed by atoms with E-state index in [1.807, 2.05) is 11.0 Å². The second kappa shape index (κ2) is 9.13. The molecule has 166 valence electrons. The van der Waals surface area contributed by atoms with Gasteiger partial charge in [-0.05, 0) is 43.6 Å². The number of aromatic nitrogens is 1. The molecular formula is C25H34N4O2. The molecule has 6 nitrogen and oxygen atoms in total. The number of rotatable bonds is 8. The third-order valence-corrected chi connectivity index (χ3v) is 7.21. The van der Waals surface area contributed by atoms with Gasteiger partial charge in [0, 0.05) is 51.0 Å². The lowest BCUT2D eigenvalue weighted by Gasteiger charge is -2.32. The van der Waals surface area contributed by atoms with Crippen LogP contribution in [-0.4, -0.2) is 52.4 Å². The van der Waals surface area contributed by atoms with Gasteiger partial charge in [-0.3, -0.25) is 9.69 Å². The molecule has 2 fully saturated rings. The summed E-state index contributed by atoms with van der Waals surface area (Å²) in [5.41, 5.74) is 8.26. The number of oxazole rings is 1. The smallest absolute Gasteiger partial charge is 0.224 e. The average molecular weight is 423 g/mol. The Morgan fingerprint density at radius 1 is 1.10 bits per heavy atom. The van der Waals surface area contributed by atoms with Crippen LogP contribution in [-0.2, 0) is 30.6 Å². The van der Waals surface area contributed by atoms with E-state index in [1.165, 1.54) is 18.4 Å². The predicted molar refractivity (Wildman–Crippen MR) is 119 cm³/mol. The minimum absolute atomic E-state index is 0.253. The topological polar surface area (TPSA) is 75.6 Å². The SMILES string of the molecule is NC[C@H]1CC[C@@H](CC(=O)N2CCc3oc(CCc4ccccc4)nc3C2)N1CC1CC1. The lowest BCUT2D eigenvalue weighted by molar-refractivity contribution is -0.133. The van der Waals surface area contributed by atoms with Gasteiger partial charge in [-0.2, -0.15) is 0 Å². The molecule has 1 amide bonds. The van der Waals surface area contributed by atoms with Gasteiger partial charge in [-0.25, -0.2) is 4.98 Å². The van der Waals surface area contributed by atoms with E-state index in [2.05, 4.69) is 29.2 Å². The van der Waals surface area contributed by atoms with Gasteiger partial charge in [-0.1, -0.05) is 30.3 Å². The van der Waals surface area contributed by atoms with E-state index < -0.39 is 0 Å². The Labute approximate surface area is 184 Å². The predicted octanol–water partition coefficient (Wildman–Crippen LogP) is 2.94. The molecule has 0 bridgehead atoms. The van der Waals surface area contributed by atoms with Crippen LogP contribution in [0.25, 0.3) is 0 Å². The highest BCUT2D eigenvalue weighted by atomic mass is 16.4. The molecule has 5 rings (SSSR count). The Hall–Kier alpha value is -2.18. The second-order valence-corrected chi connectivity index (χ2v) is 9.49. The molecule has 3 heterocycles. The monoisotopic (exact) mass is 422 g/mol. The third kappa shape index (κ3) is 4.85. The number of amides is 1. The Balaban J connectivity index is 1.17. The van der Waals surface area contributed by atoms with Crippen LogP contribution in [0.2, 0.25) is 0 Å². The van der Waals surface area contributed by atoms with Crippen molar-refractivity contribution in [2.75, 3.05) is 19.6 Å². The van der Waals surface area contributed by atoms with Crippen LogP contribution in [0.3, 0.4) is 0 Å². The summed E-state index contributed by atoms with van der Waals surface area (Å²) < 4.78 is 6.01. The molecule has 2 aliphatic heterocycles. The maximum absolute atomic E-state index is 13.1. The van der Waals surface area contributed by atoms with Crippen LogP contribution >= 0.6 is 0 Å². The highest BCUT2D eigenvalue weighted by Crippen LogP contribution is 2.35. The first-order valence-corrected chi connectivity index (χ1v) is 11.9. The summed E-state index contributed by atoms with van der Waals surface area (Å²) in [5, 5.41) is 0. The minimum Gasteiger partial charge on any atom is -0.445 e. The summed E-state index contributed by atoms with van der Waals surface area (Å²) >= 11 is 0. The van der Waals surface area contributed by atoms with Crippen molar-refractivity contribution >= 4 is 5.91 Å². The van der Waals surface area contributed by atoms with Crippen molar-refractivity contribution < 1.29 is 9.21 Å². The highest BCUT2D eigenvalue weighted by Gasteiger charge is 2.38. The lowest BCUT2D eigenvalue weighted by Crippen LogP contribution is -2.44. The van der Waals surface area contributed by atoms with Crippen molar-refractivity contribution in [2.45, 2.75) is 70.0 Å². The van der Waals surface area contributed by atoms with Crippen LogP contribution in [0.5, 0.6) is 0 Å². The normalized spacial score (nSPS) is 23.8. The van der Waals surface area contributed by atoms with Gasteiger partial charge < -0.3 is 15.1 Å². The first-order valence-electron chi connectivity index (χ1n) is 11.9. The minimum atomic E-state index is 0.253. The van der Waals surface area contributed by atoms with Gasteiger partial charge in [0.05, 0.1) is 6.54 Å². The fraction of sp³-hybridized carbons (Fsp3) is 0.600. The second-order valence-electron chi connectivity index (χ2n) is 9.49. The first-order chi connectivity index (χ1) is 15.2. The lowest BCUT2D eigenvalue weighted by atomic mass is 10.1. The summed E-state index contributed by atoms with van der Waals surface area (Å²) in [5.74, 6) is 2.83. The third-order valence-electron chi connectivity index (χ3n) is 7.21. The number of nitrogens with two attached hydrogens (primary N) is 1. The molecule has 1 aliphatic carbocycles. The van der Waals surface area contributed by atoms with Crippen LogP contribution < -0.4 is 5.73 Å². The number of aryl methyl sites for hydroxylation is 2. The van der Waals surface area contributed by atoms with E-state index in [0.717, 1.165) is 68.5 Å². The molecule has 3 aliphatic rings. The Kier molecular flexibility index (Phi) is 6.10. The van der Waals surface area contributed by atoms with Gasteiger partial charge in [0.2, 0.25) is 5.91 Å². The largest absolute Gasteiger partial charge is 0.445 e. The van der Waals surface area contributed by atoms with Gasteiger partial charge in [0.15, 0.2) is 5.89 Å². The maximum atomic E-state index is 13.1. The fourth-order valence-electron chi connectivity index (χ4n) is 5.18. The number of fused-ring (bicyclic) bond motifs is 1. The zero-order chi connectivity index (χ0) is 21.2. The number of carbonyl (C=O) groups excluding carboxylic acids is 1. The van der Waals surface area contributed by atoms with Gasteiger partial charge >= 0.3 is 0 Å². The van der Waals surface area contributed by atoms with E-state index in [4.69, 9.17) is 15.1 Å². The summed E-state index contributed by atoms with van der Waals surface area (Å²) in [6, 6.07) is 11.2. The van der Waals surface area contributed by atoms with Crippen LogP contribution in [0.4, 0.5) is 0 Å². The summed E-state index contributed by atoms with van der Waals surface area (Å²) in [6.07, 6.45) is 7.97. The van der Waals surface area contributed by atoms with E-state index in [-0.39, 0.29) is 5.91 Å². The average Bonchev–Trinajstić information content (AvgIpc) is 3.40. The number of carbonyl (C=O) groups is 1. The molecule has 1 aromatic heterocycles. The molecule has 2 atom stereocenters. The van der Waals surface area contributed by atoms with Gasteiger partial charge in [-0.15, -0.1) is 0 Å². The zero-order valence-corrected chi connectivity index (χ0v) is 18.3. The highest BCUT2D eigenvalue weighted by molar-refractivity contribution is 5.77. The summed E-state index contributed by atoms with van der Waals surface area (Å²) in [7, 11) is 0. The Bertz CT molecular complexity index is 892. The molecule has 6 heteroatoms. The Morgan fingerprint density at radius 3 is 2.68 bits per heavy atom. The van der Waals surface area contributed by atoms with Crippen molar-refractivity contribution in [3.8, 4) is 0 Å².